The Labute approximate surface area is 138 Å². The molecule has 122 valence electrons. The van der Waals surface area contributed by atoms with Crippen LogP contribution in [0.15, 0.2) is 16.2 Å². The molecule has 7 heteroatoms. The minimum Gasteiger partial charge on any atom is -0.336 e. The lowest BCUT2D eigenvalue weighted by atomic mass is 10.1. The van der Waals surface area contributed by atoms with Gasteiger partial charge in [0.15, 0.2) is 0 Å². The van der Waals surface area contributed by atoms with Crippen molar-refractivity contribution < 1.29 is 4.79 Å². The van der Waals surface area contributed by atoms with Crippen molar-refractivity contribution >= 4 is 17.2 Å². The largest absolute Gasteiger partial charge is 0.346 e. The van der Waals surface area contributed by atoms with E-state index in [1.54, 1.807) is 15.9 Å². The summed E-state index contributed by atoms with van der Waals surface area (Å²) in [6.07, 6.45) is 4.96. The van der Waals surface area contributed by atoms with Gasteiger partial charge in [-0.25, -0.2) is 9.48 Å². The molecule has 0 bridgehead atoms. The number of nitrogens with zero attached hydrogens (tertiary/aromatic N) is 4. The zero-order chi connectivity index (χ0) is 15.8. The van der Waals surface area contributed by atoms with E-state index in [1.807, 2.05) is 4.90 Å². The van der Waals surface area contributed by atoms with Crippen molar-refractivity contribution in [1.82, 2.24) is 19.2 Å². The Balaban J connectivity index is 1.50. The van der Waals surface area contributed by atoms with Crippen LogP contribution in [0.2, 0.25) is 0 Å². The lowest BCUT2D eigenvalue weighted by Crippen LogP contribution is -2.39. The van der Waals surface area contributed by atoms with Gasteiger partial charge in [0.25, 0.3) is 0 Å². The van der Waals surface area contributed by atoms with E-state index in [0.717, 1.165) is 51.0 Å². The summed E-state index contributed by atoms with van der Waals surface area (Å²) in [6.45, 7) is 2.16. The smallest absolute Gasteiger partial charge is 0.336 e. The molecular formula is C16H20N4O2S. The van der Waals surface area contributed by atoms with E-state index >= 15 is 0 Å². The van der Waals surface area contributed by atoms with Crippen molar-refractivity contribution in [2.45, 2.75) is 51.7 Å². The van der Waals surface area contributed by atoms with E-state index in [2.05, 4.69) is 16.5 Å². The van der Waals surface area contributed by atoms with Crippen LogP contribution in [0.25, 0.3) is 0 Å². The molecule has 2 aliphatic rings. The molecule has 0 saturated carbocycles. The number of hydrogen-bond donors (Lipinski definition) is 0. The zero-order valence-electron chi connectivity index (χ0n) is 13.0. The summed E-state index contributed by atoms with van der Waals surface area (Å²) < 4.78 is 3.10. The van der Waals surface area contributed by atoms with Crippen LogP contribution in [0.3, 0.4) is 0 Å². The van der Waals surface area contributed by atoms with Crippen LogP contribution in [0.5, 0.6) is 0 Å². The number of amides is 1. The Morgan fingerprint density at radius 2 is 2.13 bits per heavy atom. The van der Waals surface area contributed by atoms with E-state index < -0.39 is 0 Å². The number of fused-ring (bicyclic) bond motifs is 2. The summed E-state index contributed by atoms with van der Waals surface area (Å²) in [5.74, 6) is 0.816. The average Bonchev–Trinajstić information content (AvgIpc) is 3.05. The second-order valence-electron chi connectivity index (χ2n) is 6.25. The first-order chi connectivity index (χ1) is 11.2. The lowest BCUT2D eigenvalue weighted by molar-refractivity contribution is -0.133. The Kier molecular flexibility index (Phi) is 3.80. The number of aromatic nitrogens is 3. The van der Waals surface area contributed by atoms with Crippen LogP contribution < -0.4 is 5.69 Å². The van der Waals surface area contributed by atoms with Crippen molar-refractivity contribution in [3.8, 4) is 0 Å². The normalized spacial score (nSPS) is 17.5. The predicted molar refractivity (Wildman–Crippen MR) is 87.5 cm³/mol. The summed E-state index contributed by atoms with van der Waals surface area (Å²) >= 11 is 1.76. The van der Waals surface area contributed by atoms with Gasteiger partial charge in [-0.3, -0.25) is 9.36 Å². The maximum atomic E-state index is 12.6. The number of carbonyl (C=O) groups is 1. The minimum atomic E-state index is -0.136. The van der Waals surface area contributed by atoms with Gasteiger partial charge >= 0.3 is 5.69 Å². The summed E-state index contributed by atoms with van der Waals surface area (Å²) in [6, 6.07) is 2.09. The first-order valence-electron chi connectivity index (χ1n) is 8.22. The number of thiophene rings is 1. The molecule has 0 saturated heterocycles. The Bertz CT molecular complexity index is 788. The Hall–Kier alpha value is -1.89. The van der Waals surface area contributed by atoms with E-state index in [0.29, 0.717) is 6.54 Å². The molecule has 4 heterocycles. The molecule has 2 aromatic rings. The third kappa shape index (κ3) is 2.73. The fourth-order valence-electron chi connectivity index (χ4n) is 3.42. The monoisotopic (exact) mass is 332 g/mol. The van der Waals surface area contributed by atoms with Gasteiger partial charge < -0.3 is 4.90 Å². The van der Waals surface area contributed by atoms with Crippen molar-refractivity contribution in [1.29, 1.82) is 0 Å². The van der Waals surface area contributed by atoms with Gasteiger partial charge in [-0.2, -0.15) is 5.10 Å². The molecule has 23 heavy (non-hydrogen) atoms. The quantitative estimate of drug-likeness (QED) is 0.836. The van der Waals surface area contributed by atoms with Gasteiger partial charge in [-0.15, -0.1) is 11.3 Å². The maximum absolute atomic E-state index is 12.6. The molecule has 0 atom stereocenters. The third-order valence-corrected chi connectivity index (χ3v) is 5.75. The maximum Gasteiger partial charge on any atom is 0.346 e. The van der Waals surface area contributed by atoms with Crippen molar-refractivity contribution in [2.24, 2.45) is 0 Å². The Morgan fingerprint density at radius 3 is 3.04 bits per heavy atom. The highest BCUT2D eigenvalue weighted by atomic mass is 32.1. The van der Waals surface area contributed by atoms with Gasteiger partial charge in [0, 0.05) is 30.9 Å². The molecule has 0 fully saturated rings. The molecule has 0 aromatic carbocycles. The van der Waals surface area contributed by atoms with Crippen LogP contribution in [0.1, 0.15) is 35.5 Å². The Morgan fingerprint density at radius 1 is 1.22 bits per heavy atom. The molecule has 0 N–H and O–H groups in total. The summed E-state index contributed by atoms with van der Waals surface area (Å²) in [4.78, 5) is 28.2. The molecule has 2 aliphatic heterocycles. The van der Waals surface area contributed by atoms with Crippen molar-refractivity contribution in [3.05, 3.63) is 38.2 Å². The van der Waals surface area contributed by atoms with Crippen LogP contribution >= 0.6 is 11.3 Å². The zero-order valence-corrected chi connectivity index (χ0v) is 13.8. The lowest BCUT2D eigenvalue weighted by Gasteiger charge is -2.26. The third-order valence-electron chi connectivity index (χ3n) is 4.73. The first-order valence-corrected chi connectivity index (χ1v) is 9.10. The highest BCUT2D eigenvalue weighted by Crippen LogP contribution is 2.24. The standard InChI is InChI=1S/C16H20N4O2S/c21-15(18-8-5-13-12(10-18)6-9-23-13)11-20-16(22)19-7-3-1-2-4-14(19)17-20/h6,9H,1-5,7-8,10-11H2. The highest BCUT2D eigenvalue weighted by Gasteiger charge is 2.23. The topological polar surface area (TPSA) is 60.1 Å². The van der Waals surface area contributed by atoms with E-state index in [1.165, 1.54) is 15.1 Å². The van der Waals surface area contributed by atoms with Gasteiger partial charge in [0.1, 0.15) is 12.4 Å². The highest BCUT2D eigenvalue weighted by molar-refractivity contribution is 7.10. The van der Waals surface area contributed by atoms with Gasteiger partial charge in [-0.1, -0.05) is 6.42 Å². The van der Waals surface area contributed by atoms with Gasteiger partial charge in [-0.05, 0) is 36.3 Å². The molecule has 0 aliphatic carbocycles. The SMILES string of the molecule is O=C(Cn1nc2n(c1=O)CCCCC2)N1CCc2sccc2C1. The van der Waals surface area contributed by atoms with E-state index in [-0.39, 0.29) is 18.1 Å². The van der Waals surface area contributed by atoms with Crippen molar-refractivity contribution in [3.63, 3.8) is 0 Å². The fraction of sp³-hybridized carbons (Fsp3) is 0.562. The number of carbonyl (C=O) groups excluding carboxylic acids is 1. The first kappa shape index (κ1) is 14.7. The average molecular weight is 332 g/mol. The summed E-state index contributed by atoms with van der Waals surface area (Å²) in [7, 11) is 0. The van der Waals surface area contributed by atoms with E-state index in [4.69, 9.17) is 0 Å². The molecular weight excluding hydrogens is 312 g/mol. The summed E-state index contributed by atoms with van der Waals surface area (Å²) in [5, 5.41) is 6.48. The van der Waals surface area contributed by atoms with Crippen LogP contribution in [-0.2, 0) is 37.3 Å². The molecule has 1 amide bonds. The molecule has 0 unspecified atom stereocenters. The molecule has 2 aromatic heterocycles. The molecule has 0 radical (unpaired) electrons. The van der Waals surface area contributed by atoms with Crippen molar-refractivity contribution in [2.75, 3.05) is 6.54 Å². The minimum absolute atomic E-state index is 0.0165. The van der Waals surface area contributed by atoms with Crippen LogP contribution in [0, 0.1) is 0 Å². The number of aryl methyl sites for hydroxylation is 1. The number of rotatable bonds is 2. The molecule has 6 nitrogen and oxygen atoms in total. The van der Waals surface area contributed by atoms with Crippen LogP contribution in [-0.4, -0.2) is 31.7 Å². The van der Waals surface area contributed by atoms with Gasteiger partial charge in [0.2, 0.25) is 5.91 Å². The molecule has 0 spiro atoms. The second-order valence-corrected chi connectivity index (χ2v) is 7.25. The number of hydrogen-bond acceptors (Lipinski definition) is 4. The second kappa shape index (κ2) is 5.96. The molecule has 4 rings (SSSR count). The van der Waals surface area contributed by atoms with E-state index in [9.17, 15) is 9.59 Å². The summed E-state index contributed by atoms with van der Waals surface area (Å²) in [5.41, 5.74) is 1.10. The predicted octanol–water partition coefficient (Wildman–Crippen LogP) is 1.42. The van der Waals surface area contributed by atoms with Gasteiger partial charge in [0.05, 0.1) is 0 Å². The fourth-order valence-corrected chi connectivity index (χ4v) is 4.31. The van der Waals surface area contributed by atoms with Crippen LogP contribution in [0.4, 0.5) is 0 Å².